The summed E-state index contributed by atoms with van der Waals surface area (Å²) in [6, 6.07) is 2.87. The molecule has 160 valence electrons. The van der Waals surface area contributed by atoms with Gasteiger partial charge in [-0.05, 0) is 37.5 Å². The van der Waals surface area contributed by atoms with Gasteiger partial charge in [0.1, 0.15) is 16.8 Å². The smallest absolute Gasteiger partial charge is 0.247 e. The zero-order valence-electron chi connectivity index (χ0n) is 16.4. The van der Waals surface area contributed by atoms with E-state index in [1.54, 1.807) is 11.8 Å². The molecule has 2 fully saturated rings. The number of rotatable bonds is 5. The number of sulfonamides is 1. The molecule has 0 spiro atoms. The summed E-state index contributed by atoms with van der Waals surface area (Å²) >= 11 is 0. The van der Waals surface area contributed by atoms with Crippen molar-refractivity contribution in [1.29, 1.82) is 0 Å². The molecule has 3 rings (SSSR count). The van der Waals surface area contributed by atoms with Crippen LogP contribution in [-0.4, -0.2) is 68.3 Å². The van der Waals surface area contributed by atoms with Crippen LogP contribution in [0.25, 0.3) is 0 Å². The SMILES string of the molecule is CCC(=O)N1CCCCC1C(=O)Nc1ccc(F)c(S(=O)(=O)N2CCOCC2)c1. The lowest BCUT2D eigenvalue weighted by atomic mass is 10.0. The monoisotopic (exact) mass is 427 g/mol. The number of benzene rings is 1. The third-order valence-corrected chi connectivity index (χ3v) is 7.13. The van der Waals surface area contributed by atoms with Crippen molar-refractivity contribution < 1.29 is 27.1 Å². The Hall–Kier alpha value is -2.04. The van der Waals surface area contributed by atoms with Crippen LogP contribution in [0.5, 0.6) is 0 Å². The number of amides is 2. The second kappa shape index (κ2) is 9.19. The Morgan fingerprint density at radius 1 is 1.21 bits per heavy atom. The average Bonchev–Trinajstić information content (AvgIpc) is 2.75. The fourth-order valence-corrected chi connectivity index (χ4v) is 5.13. The largest absolute Gasteiger partial charge is 0.379 e. The van der Waals surface area contributed by atoms with Gasteiger partial charge in [0.25, 0.3) is 0 Å². The van der Waals surface area contributed by atoms with Crippen molar-refractivity contribution in [3.05, 3.63) is 24.0 Å². The van der Waals surface area contributed by atoms with Crippen LogP contribution in [-0.2, 0) is 24.3 Å². The number of carbonyl (C=O) groups is 2. The fourth-order valence-electron chi connectivity index (χ4n) is 3.64. The van der Waals surface area contributed by atoms with Gasteiger partial charge >= 0.3 is 0 Å². The molecule has 1 unspecified atom stereocenters. The quantitative estimate of drug-likeness (QED) is 0.770. The van der Waals surface area contributed by atoms with E-state index in [9.17, 15) is 22.4 Å². The first-order chi connectivity index (χ1) is 13.8. The van der Waals surface area contributed by atoms with E-state index in [1.807, 2.05) is 0 Å². The predicted octanol–water partition coefficient (Wildman–Crippen LogP) is 1.58. The van der Waals surface area contributed by atoms with E-state index < -0.39 is 32.7 Å². The predicted molar refractivity (Wildman–Crippen MR) is 104 cm³/mol. The molecule has 0 radical (unpaired) electrons. The van der Waals surface area contributed by atoms with Gasteiger partial charge in [-0.2, -0.15) is 4.31 Å². The minimum absolute atomic E-state index is 0.0976. The van der Waals surface area contributed by atoms with Crippen molar-refractivity contribution in [3.63, 3.8) is 0 Å². The van der Waals surface area contributed by atoms with Crippen molar-refractivity contribution in [2.45, 2.75) is 43.5 Å². The maximum absolute atomic E-state index is 14.3. The first-order valence-corrected chi connectivity index (χ1v) is 11.3. The van der Waals surface area contributed by atoms with Crippen LogP contribution in [0.3, 0.4) is 0 Å². The second-order valence-corrected chi connectivity index (χ2v) is 9.01. The minimum atomic E-state index is -4.04. The summed E-state index contributed by atoms with van der Waals surface area (Å²) in [7, 11) is -4.04. The number of hydrogen-bond acceptors (Lipinski definition) is 5. The Labute approximate surface area is 170 Å². The maximum atomic E-state index is 14.3. The molecular formula is C19H26FN3O5S. The third-order valence-electron chi connectivity index (χ3n) is 5.21. The van der Waals surface area contributed by atoms with Gasteiger partial charge in [-0.3, -0.25) is 9.59 Å². The first kappa shape index (κ1) is 21.7. The van der Waals surface area contributed by atoms with Gasteiger partial charge in [-0.1, -0.05) is 6.92 Å². The van der Waals surface area contributed by atoms with E-state index in [2.05, 4.69) is 5.32 Å². The van der Waals surface area contributed by atoms with Crippen molar-refractivity contribution in [2.75, 3.05) is 38.2 Å². The molecule has 0 bridgehead atoms. The lowest BCUT2D eigenvalue weighted by Crippen LogP contribution is -2.49. The van der Waals surface area contributed by atoms with E-state index in [1.165, 1.54) is 10.4 Å². The molecule has 1 atom stereocenters. The molecule has 2 aliphatic rings. The number of anilines is 1. The summed E-state index contributed by atoms with van der Waals surface area (Å²) in [5.41, 5.74) is 0.178. The van der Waals surface area contributed by atoms with E-state index in [0.29, 0.717) is 19.4 Å². The Morgan fingerprint density at radius 3 is 2.62 bits per heavy atom. The second-order valence-electron chi connectivity index (χ2n) is 7.10. The Morgan fingerprint density at radius 2 is 1.93 bits per heavy atom. The van der Waals surface area contributed by atoms with Crippen molar-refractivity contribution in [3.8, 4) is 0 Å². The molecule has 0 aromatic heterocycles. The molecule has 0 saturated carbocycles. The highest BCUT2D eigenvalue weighted by Gasteiger charge is 2.32. The average molecular weight is 427 g/mol. The lowest BCUT2D eigenvalue weighted by molar-refractivity contribution is -0.140. The minimum Gasteiger partial charge on any atom is -0.379 e. The van der Waals surface area contributed by atoms with E-state index in [0.717, 1.165) is 25.0 Å². The number of nitrogens with one attached hydrogen (secondary N) is 1. The Balaban J connectivity index is 1.80. The zero-order valence-corrected chi connectivity index (χ0v) is 17.2. The molecule has 10 heteroatoms. The van der Waals surface area contributed by atoms with Gasteiger partial charge in [0.2, 0.25) is 21.8 Å². The molecule has 0 aliphatic carbocycles. The van der Waals surface area contributed by atoms with Crippen LogP contribution >= 0.6 is 0 Å². The third kappa shape index (κ3) is 4.76. The Bertz CT molecular complexity index is 871. The van der Waals surface area contributed by atoms with Gasteiger partial charge in [0.05, 0.1) is 13.2 Å². The molecule has 1 N–H and O–H groups in total. The van der Waals surface area contributed by atoms with Gasteiger partial charge in [-0.15, -0.1) is 0 Å². The van der Waals surface area contributed by atoms with E-state index >= 15 is 0 Å². The summed E-state index contributed by atoms with van der Waals surface area (Å²) in [4.78, 5) is 26.0. The van der Waals surface area contributed by atoms with Crippen LogP contribution < -0.4 is 5.32 Å². The van der Waals surface area contributed by atoms with Crippen LogP contribution in [0.1, 0.15) is 32.6 Å². The molecule has 2 heterocycles. The molecule has 1 aromatic carbocycles. The number of carbonyl (C=O) groups excluding carboxylic acids is 2. The molecule has 2 aliphatic heterocycles. The van der Waals surface area contributed by atoms with Crippen LogP contribution in [0.15, 0.2) is 23.1 Å². The first-order valence-electron chi connectivity index (χ1n) is 9.82. The number of hydrogen-bond donors (Lipinski definition) is 1. The van der Waals surface area contributed by atoms with Gasteiger partial charge in [0.15, 0.2) is 0 Å². The summed E-state index contributed by atoms with van der Waals surface area (Å²) in [5.74, 6) is -1.37. The molecule has 8 nitrogen and oxygen atoms in total. The normalized spacial score (nSPS) is 21.0. The van der Waals surface area contributed by atoms with Gasteiger partial charge < -0.3 is 15.0 Å². The standard InChI is InChI=1S/C19H26FN3O5S/c1-2-18(24)23-8-4-3-5-16(23)19(25)21-14-6-7-15(20)17(13-14)29(26,27)22-9-11-28-12-10-22/h6-7,13,16H,2-5,8-12H2,1H3,(H,21,25). The topological polar surface area (TPSA) is 96.0 Å². The van der Waals surface area contributed by atoms with Gasteiger partial charge in [0, 0.05) is 31.7 Å². The van der Waals surface area contributed by atoms with Crippen LogP contribution in [0.2, 0.25) is 0 Å². The number of ether oxygens (including phenoxy) is 1. The highest BCUT2D eigenvalue weighted by atomic mass is 32.2. The Kier molecular flexibility index (Phi) is 6.86. The number of likely N-dealkylation sites (tertiary alicyclic amines) is 1. The molecule has 2 amide bonds. The van der Waals surface area contributed by atoms with Crippen LogP contribution in [0.4, 0.5) is 10.1 Å². The molecule has 29 heavy (non-hydrogen) atoms. The van der Waals surface area contributed by atoms with Gasteiger partial charge in [-0.25, -0.2) is 12.8 Å². The molecular weight excluding hydrogens is 401 g/mol. The molecule has 2 saturated heterocycles. The maximum Gasteiger partial charge on any atom is 0.247 e. The van der Waals surface area contributed by atoms with Crippen LogP contribution in [0, 0.1) is 5.82 Å². The summed E-state index contributed by atoms with van der Waals surface area (Å²) in [5, 5.41) is 2.66. The molecule has 1 aromatic rings. The number of halogens is 1. The van der Waals surface area contributed by atoms with E-state index in [4.69, 9.17) is 4.74 Å². The zero-order chi connectivity index (χ0) is 21.0. The summed E-state index contributed by atoms with van der Waals surface area (Å²) < 4.78 is 46.2. The fraction of sp³-hybridized carbons (Fsp3) is 0.579. The lowest BCUT2D eigenvalue weighted by Gasteiger charge is -2.34. The highest BCUT2D eigenvalue weighted by Crippen LogP contribution is 2.25. The van der Waals surface area contributed by atoms with Crippen molar-refractivity contribution >= 4 is 27.5 Å². The summed E-state index contributed by atoms with van der Waals surface area (Å²) in [6.07, 6.45) is 2.51. The number of nitrogens with zero attached hydrogens (tertiary/aromatic N) is 2. The van der Waals surface area contributed by atoms with Crippen molar-refractivity contribution in [2.24, 2.45) is 0 Å². The number of piperidine rings is 1. The van der Waals surface area contributed by atoms with Crippen molar-refractivity contribution in [1.82, 2.24) is 9.21 Å². The van der Waals surface area contributed by atoms with E-state index in [-0.39, 0.29) is 37.9 Å². The highest BCUT2D eigenvalue weighted by molar-refractivity contribution is 7.89. The number of morpholine rings is 1. The summed E-state index contributed by atoms with van der Waals surface area (Å²) in [6.45, 7) is 3.06.